The maximum Gasteiger partial charge on any atom is 0.194 e. The molecule has 0 atom stereocenters. The molecule has 7 heteroatoms. The van der Waals surface area contributed by atoms with E-state index in [4.69, 9.17) is 9.73 Å². The number of nitrogens with one attached hydrogen (secondary N) is 2. The Hall–Kier alpha value is -3.16. The van der Waals surface area contributed by atoms with E-state index in [0.717, 1.165) is 62.4 Å². The second kappa shape index (κ2) is 11.6. The van der Waals surface area contributed by atoms with Crippen molar-refractivity contribution in [2.24, 2.45) is 4.99 Å². The molecule has 1 aliphatic rings. The molecule has 7 nitrogen and oxygen atoms in total. The third-order valence-electron chi connectivity index (χ3n) is 5.81. The van der Waals surface area contributed by atoms with E-state index in [1.165, 1.54) is 11.1 Å². The minimum Gasteiger partial charge on any atom is -0.379 e. The summed E-state index contributed by atoms with van der Waals surface area (Å²) in [5.41, 5.74) is 4.76. The van der Waals surface area contributed by atoms with Crippen LogP contribution in [0.5, 0.6) is 0 Å². The van der Waals surface area contributed by atoms with Gasteiger partial charge < -0.3 is 19.9 Å². The van der Waals surface area contributed by atoms with E-state index in [2.05, 4.69) is 68.4 Å². The van der Waals surface area contributed by atoms with Gasteiger partial charge in [-0.25, -0.2) is 9.98 Å². The minimum atomic E-state index is 0.639. The molecule has 0 spiro atoms. The molecule has 0 aliphatic carbocycles. The van der Waals surface area contributed by atoms with E-state index >= 15 is 0 Å². The standard InChI is InChI=1S/C26H34N6O/c1-3-27-26(31(2)20-25-28-18-24(30-25)21-9-5-4-6-10-21)29-17-22-11-7-8-12-23(22)19-32-13-15-33-16-14-32/h4-12,18H,3,13-17,19-20H2,1-2H3,(H,27,29)(H,28,30). The van der Waals surface area contributed by atoms with Crippen LogP contribution in [0.4, 0.5) is 0 Å². The zero-order chi connectivity index (χ0) is 22.9. The van der Waals surface area contributed by atoms with Crippen LogP contribution in [0.2, 0.25) is 0 Å². The molecule has 0 amide bonds. The number of benzene rings is 2. The summed E-state index contributed by atoms with van der Waals surface area (Å²) < 4.78 is 5.49. The maximum absolute atomic E-state index is 5.49. The van der Waals surface area contributed by atoms with Crippen molar-refractivity contribution in [2.45, 2.75) is 26.6 Å². The van der Waals surface area contributed by atoms with E-state index in [0.29, 0.717) is 13.1 Å². The summed E-state index contributed by atoms with van der Waals surface area (Å²) in [7, 11) is 2.05. The second-order valence-electron chi connectivity index (χ2n) is 8.29. The maximum atomic E-state index is 5.49. The highest BCUT2D eigenvalue weighted by Crippen LogP contribution is 2.17. The zero-order valence-electron chi connectivity index (χ0n) is 19.6. The van der Waals surface area contributed by atoms with Gasteiger partial charge in [0.15, 0.2) is 5.96 Å². The molecular formula is C26H34N6O. The molecule has 0 radical (unpaired) electrons. The van der Waals surface area contributed by atoms with Crippen LogP contribution in [0.15, 0.2) is 65.8 Å². The van der Waals surface area contributed by atoms with E-state index in [1.54, 1.807) is 0 Å². The summed E-state index contributed by atoms with van der Waals surface area (Å²) in [4.78, 5) is 17.5. The van der Waals surface area contributed by atoms with Crippen LogP contribution in [0.25, 0.3) is 11.3 Å². The summed E-state index contributed by atoms with van der Waals surface area (Å²) in [6.07, 6.45) is 1.89. The summed E-state index contributed by atoms with van der Waals surface area (Å²) in [6.45, 7) is 8.73. The first-order valence-electron chi connectivity index (χ1n) is 11.7. The Labute approximate surface area is 196 Å². The molecule has 3 aromatic rings. The predicted octanol–water partition coefficient (Wildman–Crippen LogP) is 3.51. The number of imidazole rings is 1. The summed E-state index contributed by atoms with van der Waals surface area (Å²) >= 11 is 0. The van der Waals surface area contributed by atoms with Gasteiger partial charge in [-0.1, -0.05) is 54.6 Å². The Bertz CT molecular complexity index is 1030. The number of H-pyrrole nitrogens is 1. The lowest BCUT2D eigenvalue weighted by atomic mass is 10.1. The van der Waals surface area contributed by atoms with Gasteiger partial charge in [0.1, 0.15) is 5.82 Å². The molecule has 1 fully saturated rings. The first-order valence-corrected chi connectivity index (χ1v) is 11.7. The number of hydrogen-bond acceptors (Lipinski definition) is 4. The van der Waals surface area contributed by atoms with Crippen molar-refractivity contribution >= 4 is 5.96 Å². The molecule has 4 rings (SSSR count). The smallest absolute Gasteiger partial charge is 0.194 e. The number of ether oxygens (including phenoxy) is 1. The monoisotopic (exact) mass is 446 g/mol. The van der Waals surface area contributed by atoms with Crippen LogP contribution < -0.4 is 5.32 Å². The quantitative estimate of drug-likeness (QED) is 0.409. The Balaban J connectivity index is 1.43. The molecule has 0 unspecified atom stereocenters. The fraction of sp³-hybridized carbons (Fsp3) is 0.385. The number of aromatic amines is 1. The Morgan fingerprint density at radius 2 is 1.82 bits per heavy atom. The van der Waals surface area contributed by atoms with E-state index in [9.17, 15) is 0 Å². The average Bonchev–Trinajstić information content (AvgIpc) is 3.32. The minimum absolute atomic E-state index is 0.639. The molecule has 0 saturated carbocycles. The first kappa shape index (κ1) is 23.0. The van der Waals surface area contributed by atoms with Crippen molar-refractivity contribution in [1.29, 1.82) is 0 Å². The Morgan fingerprint density at radius 1 is 1.09 bits per heavy atom. The fourth-order valence-corrected chi connectivity index (χ4v) is 4.00. The third-order valence-corrected chi connectivity index (χ3v) is 5.81. The van der Waals surface area contributed by atoms with Gasteiger partial charge >= 0.3 is 0 Å². The second-order valence-corrected chi connectivity index (χ2v) is 8.29. The van der Waals surface area contributed by atoms with Crippen LogP contribution in [0, 0.1) is 0 Å². The average molecular weight is 447 g/mol. The number of guanidine groups is 1. The van der Waals surface area contributed by atoms with Gasteiger partial charge in [-0.15, -0.1) is 0 Å². The number of hydrogen-bond donors (Lipinski definition) is 2. The van der Waals surface area contributed by atoms with Gasteiger partial charge in [-0.2, -0.15) is 0 Å². The molecule has 174 valence electrons. The van der Waals surface area contributed by atoms with Gasteiger partial charge in [0, 0.05) is 33.2 Å². The molecule has 1 aromatic heterocycles. The van der Waals surface area contributed by atoms with Crippen molar-refractivity contribution in [3.63, 3.8) is 0 Å². The van der Waals surface area contributed by atoms with Crippen LogP contribution in [0.3, 0.4) is 0 Å². The molecule has 2 N–H and O–H groups in total. The summed E-state index contributed by atoms with van der Waals surface area (Å²) in [6, 6.07) is 18.9. The van der Waals surface area contributed by atoms with Gasteiger partial charge in [-0.05, 0) is 23.6 Å². The highest BCUT2D eigenvalue weighted by atomic mass is 16.5. The molecule has 1 saturated heterocycles. The number of aromatic nitrogens is 2. The molecular weight excluding hydrogens is 412 g/mol. The van der Waals surface area contributed by atoms with Crippen LogP contribution in [0.1, 0.15) is 23.9 Å². The third kappa shape index (κ3) is 6.43. The highest BCUT2D eigenvalue weighted by molar-refractivity contribution is 5.79. The lowest BCUT2D eigenvalue weighted by Crippen LogP contribution is -2.38. The number of nitrogens with zero attached hydrogens (tertiary/aromatic N) is 4. The highest BCUT2D eigenvalue weighted by Gasteiger charge is 2.14. The molecule has 33 heavy (non-hydrogen) atoms. The molecule has 2 heterocycles. The fourth-order valence-electron chi connectivity index (χ4n) is 4.00. The van der Waals surface area contributed by atoms with Crippen molar-refractivity contribution < 1.29 is 4.74 Å². The normalized spacial score (nSPS) is 14.9. The molecule has 0 bridgehead atoms. The van der Waals surface area contributed by atoms with Crippen molar-refractivity contribution in [3.8, 4) is 11.3 Å². The lowest BCUT2D eigenvalue weighted by Gasteiger charge is -2.27. The predicted molar refractivity (Wildman–Crippen MR) is 133 cm³/mol. The lowest BCUT2D eigenvalue weighted by molar-refractivity contribution is 0.0341. The SMILES string of the molecule is CCNC(=NCc1ccccc1CN1CCOCC1)N(C)Cc1ncc(-c2ccccc2)[nH]1. The van der Waals surface area contributed by atoms with Gasteiger partial charge in [0.25, 0.3) is 0 Å². The van der Waals surface area contributed by atoms with Crippen LogP contribution in [-0.4, -0.2) is 65.6 Å². The summed E-state index contributed by atoms with van der Waals surface area (Å²) in [5.74, 6) is 1.78. The first-order chi connectivity index (χ1) is 16.2. The van der Waals surface area contributed by atoms with Crippen molar-refractivity contribution in [1.82, 2.24) is 25.1 Å². The van der Waals surface area contributed by atoms with Gasteiger partial charge in [0.2, 0.25) is 0 Å². The van der Waals surface area contributed by atoms with E-state index < -0.39 is 0 Å². The largest absolute Gasteiger partial charge is 0.379 e. The van der Waals surface area contributed by atoms with Gasteiger partial charge in [0.05, 0.1) is 38.2 Å². The number of rotatable bonds is 8. The van der Waals surface area contributed by atoms with E-state index in [-0.39, 0.29) is 0 Å². The topological polar surface area (TPSA) is 68.8 Å². The molecule has 1 aliphatic heterocycles. The van der Waals surface area contributed by atoms with Crippen LogP contribution >= 0.6 is 0 Å². The van der Waals surface area contributed by atoms with Gasteiger partial charge in [-0.3, -0.25) is 4.90 Å². The van der Waals surface area contributed by atoms with E-state index in [1.807, 2.05) is 31.4 Å². The number of morpholine rings is 1. The summed E-state index contributed by atoms with van der Waals surface area (Å²) in [5, 5.41) is 3.42. The Morgan fingerprint density at radius 3 is 2.58 bits per heavy atom. The Kier molecular flexibility index (Phi) is 8.11. The van der Waals surface area contributed by atoms with Crippen molar-refractivity contribution in [3.05, 3.63) is 77.7 Å². The molecule has 2 aromatic carbocycles. The zero-order valence-corrected chi connectivity index (χ0v) is 19.6. The van der Waals surface area contributed by atoms with Crippen molar-refractivity contribution in [2.75, 3.05) is 39.9 Å². The number of aliphatic imine (C=N–C) groups is 1. The van der Waals surface area contributed by atoms with Crippen LogP contribution in [-0.2, 0) is 24.4 Å².